The van der Waals surface area contributed by atoms with Crippen molar-refractivity contribution >= 4 is 11.6 Å². The van der Waals surface area contributed by atoms with Gasteiger partial charge in [0.15, 0.2) is 0 Å². The molecule has 0 spiro atoms. The second-order valence-corrected chi connectivity index (χ2v) is 4.91. The molecule has 100 valence electrons. The molecule has 2 unspecified atom stereocenters. The highest BCUT2D eigenvalue weighted by atomic mass is 35.5. The van der Waals surface area contributed by atoms with Crippen LogP contribution in [0.1, 0.15) is 25.0 Å². The molecule has 1 aliphatic rings. The molecule has 2 rings (SSSR count). The molecular weight excluding hydrogens is 250 g/mol. The van der Waals surface area contributed by atoms with Crippen LogP contribution in [-0.2, 0) is 9.47 Å². The van der Waals surface area contributed by atoms with Crippen molar-refractivity contribution in [2.24, 2.45) is 0 Å². The zero-order chi connectivity index (χ0) is 12.8. The number of ether oxygens (including phenoxy) is 2. The fourth-order valence-corrected chi connectivity index (χ4v) is 2.28. The summed E-state index contributed by atoms with van der Waals surface area (Å²) in [5, 5.41) is 4.08. The van der Waals surface area contributed by atoms with Gasteiger partial charge in [-0.25, -0.2) is 0 Å². The normalized spacial score (nSPS) is 21.1. The molecule has 1 heterocycles. The van der Waals surface area contributed by atoms with E-state index in [0.717, 1.165) is 36.7 Å². The minimum absolute atomic E-state index is 0.0374. The molecule has 1 saturated heterocycles. The predicted octanol–water partition coefficient (Wildman–Crippen LogP) is 2.80. The molecule has 0 aliphatic carbocycles. The van der Waals surface area contributed by atoms with Crippen molar-refractivity contribution in [3.63, 3.8) is 0 Å². The summed E-state index contributed by atoms with van der Waals surface area (Å²) < 4.78 is 11.5. The van der Waals surface area contributed by atoms with Crippen LogP contribution in [0.4, 0.5) is 0 Å². The summed E-state index contributed by atoms with van der Waals surface area (Å²) in [5.74, 6) is 0. The molecule has 0 saturated carbocycles. The van der Waals surface area contributed by atoms with Crippen LogP contribution in [-0.4, -0.2) is 32.4 Å². The number of benzene rings is 1. The Morgan fingerprint density at radius 1 is 1.56 bits per heavy atom. The Kier molecular flexibility index (Phi) is 5.45. The van der Waals surface area contributed by atoms with Crippen LogP contribution in [0.15, 0.2) is 24.3 Å². The highest BCUT2D eigenvalue weighted by Crippen LogP contribution is 2.24. The van der Waals surface area contributed by atoms with Gasteiger partial charge in [0.2, 0.25) is 0 Å². The monoisotopic (exact) mass is 269 g/mol. The zero-order valence-corrected chi connectivity index (χ0v) is 11.5. The van der Waals surface area contributed by atoms with Crippen LogP contribution in [0.2, 0.25) is 5.02 Å². The summed E-state index contributed by atoms with van der Waals surface area (Å²) in [6, 6.07) is 7.88. The van der Waals surface area contributed by atoms with Gasteiger partial charge >= 0.3 is 0 Å². The molecule has 18 heavy (non-hydrogen) atoms. The molecule has 0 radical (unpaired) electrons. The van der Waals surface area contributed by atoms with Gasteiger partial charge in [-0.2, -0.15) is 0 Å². The number of hydrogen-bond acceptors (Lipinski definition) is 3. The number of rotatable bonds is 6. The minimum atomic E-state index is 0.0374. The molecular formula is C14H20ClNO2. The van der Waals surface area contributed by atoms with E-state index in [9.17, 15) is 0 Å². The lowest BCUT2D eigenvalue weighted by Crippen LogP contribution is -2.27. The molecule has 2 atom stereocenters. The molecule has 1 aromatic carbocycles. The average Bonchev–Trinajstić information content (AvgIpc) is 2.87. The summed E-state index contributed by atoms with van der Waals surface area (Å²) >= 11 is 6.04. The first-order chi connectivity index (χ1) is 8.79. The van der Waals surface area contributed by atoms with E-state index in [1.807, 2.05) is 18.2 Å². The van der Waals surface area contributed by atoms with E-state index in [1.165, 1.54) is 0 Å². The van der Waals surface area contributed by atoms with Crippen molar-refractivity contribution in [3.8, 4) is 0 Å². The van der Waals surface area contributed by atoms with E-state index in [0.29, 0.717) is 6.61 Å². The Morgan fingerprint density at radius 2 is 2.44 bits per heavy atom. The number of hydrogen-bond donors (Lipinski definition) is 1. The van der Waals surface area contributed by atoms with Gasteiger partial charge in [-0.3, -0.25) is 0 Å². The summed E-state index contributed by atoms with van der Waals surface area (Å²) in [7, 11) is 0. The van der Waals surface area contributed by atoms with Gasteiger partial charge in [0.05, 0.1) is 18.8 Å². The average molecular weight is 270 g/mol. The summed E-state index contributed by atoms with van der Waals surface area (Å²) in [4.78, 5) is 0. The van der Waals surface area contributed by atoms with E-state index in [4.69, 9.17) is 21.1 Å². The summed E-state index contributed by atoms with van der Waals surface area (Å²) in [5.41, 5.74) is 1.12. The third kappa shape index (κ3) is 3.95. The lowest BCUT2D eigenvalue weighted by atomic mass is 10.1. The van der Waals surface area contributed by atoms with Gasteiger partial charge in [-0.1, -0.05) is 30.7 Å². The second kappa shape index (κ2) is 7.10. The van der Waals surface area contributed by atoms with Crippen molar-refractivity contribution in [1.82, 2.24) is 5.32 Å². The zero-order valence-electron chi connectivity index (χ0n) is 10.7. The first-order valence-corrected chi connectivity index (χ1v) is 6.86. The fourth-order valence-electron chi connectivity index (χ4n) is 2.08. The maximum absolute atomic E-state index is 6.11. The third-order valence-corrected chi connectivity index (χ3v) is 3.28. The Balaban J connectivity index is 2.03. The number of halogens is 1. The molecule has 0 bridgehead atoms. The third-order valence-electron chi connectivity index (χ3n) is 3.04. The van der Waals surface area contributed by atoms with Crippen LogP contribution < -0.4 is 5.32 Å². The van der Waals surface area contributed by atoms with Crippen molar-refractivity contribution in [1.29, 1.82) is 0 Å². The molecule has 3 nitrogen and oxygen atoms in total. The lowest BCUT2D eigenvalue weighted by molar-refractivity contribution is -0.0162. The number of nitrogens with one attached hydrogen (secondary N) is 1. The van der Waals surface area contributed by atoms with Crippen LogP contribution in [0, 0.1) is 0 Å². The van der Waals surface area contributed by atoms with Crippen LogP contribution >= 0.6 is 11.6 Å². The summed E-state index contributed by atoms with van der Waals surface area (Å²) in [6.45, 7) is 5.32. The van der Waals surface area contributed by atoms with Crippen LogP contribution in [0.25, 0.3) is 0 Å². The topological polar surface area (TPSA) is 30.5 Å². The summed E-state index contributed by atoms with van der Waals surface area (Å²) in [6.07, 6.45) is 1.21. The van der Waals surface area contributed by atoms with E-state index < -0.39 is 0 Å². The Bertz CT molecular complexity index is 367. The Labute approximate surface area is 113 Å². The smallest absolute Gasteiger partial charge is 0.0954 e. The maximum atomic E-state index is 6.11. The molecule has 0 amide bonds. The van der Waals surface area contributed by atoms with Gasteiger partial charge in [-0.05, 0) is 30.7 Å². The predicted molar refractivity (Wildman–Crippen MR) is 73.0 cm³/mol. The lowest BCUT2D eigenvalue weighted by Gasteiger charge is -2.22. The van der Waals surface area contributed by atoms with Crippen LogP contribution in [0.5, 0.6) is 0 Å². The highest BCUT2D eigenvalue weighted by Gasteiger charge is 2.22. The largest absolute Gasteiger partial charge is 0.379 e. The van der Waals surface area contributed by atoms with E-state index >= 15 is 0 Å². The van der Waals surface area contributed by atoms with Gasteiger partial charge in [-0.15, -0.1) is 0 Å². The van der Waals surface area contributed by atoms with Gasteiger partial charge in [0, 0.05) is 18.2 Å². The molecule has 1 aromatic rings. The van der Waals surface area contributed by atoms with E-state index in [1.54, 1.807) is 0 Å². The second-order valence-electron chi connectivity index (χ2n) is 4.47. The first-order valence-electron chi connectivity index (χ1n) is 6.49. The van der Waals surface area contributed by atoms with Crippen LogP contribution in [0.3, 0.4) is 0 Å². The van der Waals surface area contributed by atoms with Crippen molar-refractivity contribution in [2.45, 2.75) is 25.6 Å². The Morgan fingerprint density at radius 3 is 3.11 bits per heavy atom. The SMILES string of the molecule is CCNCC(OC1CCOC1)c1cccc(Cl)c1. The van der Waals surface area contributed by atoms with Gasteiger partial charge in [0.1, 0.15) is 0 Å². The highest BCUT2D eigenvalue weighted by molar-refractivity contribution is 6.30. The molecule has 1 aliphatic heterocycles. The quantitative estimate of drug-likeness (QED) is 0.861. The molecule has 4 heteroatoms. The van der Waals surface area contributed by atoms with E-state index in [-0.39, 0.29) is 12.2 Å². The maximum Gasteiger partial charge on any atom is 0.0954 e. The molecule has 1 fully saturated rings. The standard InChI is InChI=1S/C14H20ClNO2/c1-2-16-9-14(18-13-6-7-17-10-13)11-4-3-5-12(15)8-11/h3-5,8,13-14,16H,2,6-7,9-10H2,1H3. The minimum Gasteiger partial charge on any atom is -0.379 e. The fraction of sp³-hybridized carbons (Fsp3) is 0.571. The van der Waals surface area contributed by atoms with Crippen molar-refractivity contribution in [2.75, 3.05) is 26.3 Å². The Hall–Kier alpha value is -0.610. The van der Waals surface area contributed by atoms with Crippen molar-refractivity contribution < 1.29 is 9.47 Å². The molecule has 1 N–H and O–H groups in total. The first kappa shape index (κ1) is 13.8. The van der Waals surface area contributed by atoms with Crippen molar-refractivity contribution in [3.05, 3.63) is 34.9 Å². The molecule has 0 aromatic heterocycles. The number of likely N-dealkylation sites (N-methyl/N-ethyl adjacent to an activating group) is 1. The van der Waals surface area contributed by atoms with Gasteiger partial charge in [0.25, 0.3) is 0 Å². The van der Waals surface area contributed by atoms with E-state index in [2.05, 4.69) is 18.3 Å². The van der Waals surface area contributed by atoms with Gasteiger partial charge < -0.3 is 14.8 Å².